The van der Waals surface area contributed by atoms with Crippen LogP contribution in [0.2, 0.25) is 0 Å². The summed E-state index contributed by atoms with van der Waals surface area (Å²) in [5, 5.41) is 0. The van der Waals surface area contributed by atoms with Crippen LogP contribution in [0.3, 0.4) is 0 Å². The molecule has 0 heterocycles. The molecule has 0 amide bonds. The highest BCUT2D eigenvalue weighted by Crippen LogP contribution is 2.02. The number of likely N-dealkylation sites (N-methyl/N-ethyl adjacent to an activating group) is 1. The summed E-state index contributed by atoms with van der Waals surface area (Å²) in [7, 11) is 1.99. The SMILES string of the molecule is C/C=C(\N)C(=O)OCCN(C)Cc1ccccc1. The number of esters is 1. The number of ether oxygens (including phenoxy) is 1. The van der Waals surface area contributed by atoms with Crippen molar-refractivity contribution in [3.8, 4) is 0 Å². The number of rotatable bonds is 6. The second-order valence-electron chi connectivity index (χ2n) is 4.10. The Bertz CT molecular complexity index is 402. The molecule has 0 saturated carbocycles. The number of carbonyl (C=O) groups is 1. The van der Waals surface area contributed by atoms with Crippen molar-refractivity contribution in [3.05, 3.63) is 47.7 Å². The van der Waals surface area contributed by atoms with E-state index in [0.29, 0.717) is 13.2 Å². The quantitative estimate of drug-likeness (QED) is 0.612. The molecule has 98 valence electrons. The van der Waals surface area contributed by atoms with Gasteiger partial charge in [0, 0.05) is 13.1 Å². The smallest absolute Gasteiger partial charge is 0.353 e. The Morgan fingerprint density at radius 3 is 2.67 bits per heavy atom. The van der Waals surface area contributed by atoms with E-state index in [9.17, 15) is 4.79 Å². The van der Waals surface area contributed by atoms with Crippen molar-refractivity contribution in [2.24, 2.45) is 5.73 Å². The van der Waals surface area contributed by atoms with Crippen LogP contribution in [0.5, 0.6) is 0 Å². The van der Waals surface area contributed by atoms with Gasteiger partial charge < -0.3 is 10.5 Å². The van der Waals surface area contributed by atoms with Gasteiger partial charge in [-0.1, -0.05) is 36.4 Å². The molecule has 0 bridgehead atoms. The van der Waals surface area contributed by atoms with E-state index in [1.807, 2.05) is 25.2 Å². The zero-order valence-corrected chi connectivity index (χ0v) is 10.9. The summed E-state index contributed by atoms with van der Waals surface area (Å²) in [6, 6.07) is 10.2. The first-order valence-electron chi connectivity index (χ1n) is 5.95. The Morgan fingerprint density at radius 1 is 1.39 bits per heavy atom. The number of carbonyl (C=O) groups excluding carboxylic acids is 1. The number of allylic oxidation sites excluding steroid dienone is 1. The van der Waals surface area contributed by atoms with Crippen molar-refractivity contribution in [3.63, 3.8) is 0 Å². The zero-order chi connectivity index (χ0) is 13.4. The van der Waals surface area contributed by atoms with Crippen LogP contribution >= 0.6 is 0 Å². The van der Waals surface area contributed by atoms with E-state index in [4.69, 9.17) is 10.5 Å². The van der Waals surface area contributed by atoms with Gasteiger partial charge in [0.1, 0.15) is 12.3 Å². The van der Waals surface area contributed by atoms with E-state index in [1.165, 1.54) is 11.6 Å². The van der Waals surface area contributed by atoms with E-state index < -0.39 is 5.97 Å². The number of hydrogen-bond donors (Lipinski definition) is 1. The normalized spacial score (nSPS) is 11.6. The average molecular weight is 248 g/mol. The minimum atomic E-state index is -0.453. The van der Waals surface area contributed by atoms with Gasteiger partial charge in [0.2, 0.25) is 0 Å². The highest BCUT2D eigenvalue weighted by molar-refractivity contribution is 5.87. The number of nitrogens with zero attached hydrogens (tertiary/aromatic N) is 1. The molecule has 0 aromatic heterocycles. The highest BCUT2D eigenvalue weighted by atomic mass is 16.5. The van der Waals surface area contributed by atoms with E-state index in [2.05, 4.69) is 17.0 Å². The second kappa shape index (κ2) is 7.50. The van der Waals surface area contributed by atoms with Gasteiger partial charge in [-0.25, -0.2) is 4.79 Å². The Kier molecular flexibility index (Phi) is 5.94. The van der Waals surface area contributed by atoms with Gasteiger partial charge in [-0.3, -0.25) is 4.90 Å². The van der Waals surface area contributed by atoms with E-state index >= 15 is 0 Å². The topological polar surface area (TPSA) is 55.6 Å². The summed E-state index contributed by atoms with van der Waals surface area (Å²) in [5.74, 6) is -0.453. The minimum absolute atomic E-state index is 0.153. The molecule has 0 fully saturated rings. The number of hydrogen-bond acceptors (Lipinski definition) is 4. The molecule has 1 rings (SSSR count). The van der Waals surface area contributed by atoms with Gasteiger partial charge in [0.25, 0.3) is 0 Å². The molecule has 0 atom stereocenters. The van der Waals surface area contributed by atoms with Crippen molar-refractivity contribution in [1.82, 2.24) is 4.90 Å². The maximum absolute atomic E-state index is 11.3. The van der Waals surface area contributed by atoms with Crippen LogP contribution in [0, 0.1) is 0 Å². The van der Waals surface area contributed by atoms with Crippen molar-refractivity contribution in [2.45, 2.75) is 13.5 Å². The Hall–Kier alpha value is -1.81. The monoisotopic (exact) mass is 248 g/mol. The first kappa shape index (κ1) is 14.3. The van der Waals surface area contributed by atoms with Gasteiger partial charge in [0.15, 0.2) is 0 Å². The maximum Gasteiger partial charge on any atom is 0.353 e. The third-order valence-electron chi connectivity index (χ3n) is 2.55. The van der Waals surface area contributed by atoms with Gasteiger partial charge in [-0.05, 0) is 19.5 Å². The number of benzene rings is 1. The largest absolute Gasteiger partial charge is 0.460 e. The van der Waals surface area contributed by atoms with E-state index in [-0.39, 0.29) is 5.70 Å². The average Bonchev–Trinajstić information content (AvgIpc) is 2.38. The molecule has 0 aliphatic rings. The fourth-order valence-corrected chi connectivity index (χ4v) is 1.47. The van der Waals surface area contributed by atoms with Crippen LogP contribution in [-0.2, 0) is 16.1 Å². The van der Waals surface area contributed by atoms with Crippen molar-refractivity contribution >= 4 is 5.97 Å². The predicted molar refractivity (Wildman–Crippen MR) is 71.7 cm³/mol. The first-order chi connectivity index (χ1) is 8.63. The lowest BCUT2D eigenvalue weighted by atomic mass is 10.2. The van der Waals surface area contributed by atoms with Gasteiger partial charge >= 0.3 is 5.97 Å². The van der Waals surface area contributed by atoms with Crippen LogP contribution in [0.4, 0.5) is 0 Å². The highest BCUT2D eigenvalue weighted by Gasteiger charge is 2.06. The van der Waals surface area contributed by atoms with Crippen LogP contribution in [0.25, 0.3) is 0 Å². The van der Waals surface area contributed by atoms with Crippen molar-refractivity contribution in [2.75, 3.05) is 20.2 Å². The third kappa shape index (κ3) is 5.01. The molecular weight excluding hydrogens is 228 g/mol. The van der Waals surface area contributed by atoms with E-state index in [0.717, 1.165) is 6.54 Å². The molecule has 0 unspecified atom stereocenters. The summed E-state index contributed by atoms with van der Waals surface area (Å²) >= 11 is 0. The van der Waals surface area contributed by atoms with E-state index in [1.54, 1.807) is 6.92 Å². The molecule has 4 heteroatoms. The first-order valence-corrected chi connectivity index (χ1v) is 5.95. The molecule has 0 saturated heterocycles. The molecule has 0 aliphatic heterocycles. The lowest BCUT2D eigenvalue weighted by Gasteiger charge is -2.16. The Balaban J connectivity index is 2.26. The molecular formula is C14H20N2O2. The summed E-state index contributed by atoms with van der Waals surface area (Å²) in [4.78, 5) is 13.4. The molecule has 1 aromatic carbocycles. The summed E-state index contributed by atoms with van der Waals surface area (Å²) in [6.45, 7) is 3.56. The Labute approximate surface area is 108 Å². The van der Waals surface area contributed by atoms with Crippen molar-refractivity contribution in [1.29, 1.82) is 0 Å². The number of nitrogens with two attached hydrogens (primary N) is 1. The Morgan fingerprint density at radius 2 is 2.06 bits per heavy atom. The molecule has 0 aliphatic carbocycles. The fraction of sp³-hybridized carbons (Fsp3) is 0.357. The van der Waals surface area contributed by atoms with Crippen LogP contribution < -0.4 is 5.73 Å². The maximum atomic E-state index is 11.3. The summed E-state index contributed by atoms with van der Waals surface area (Å²) < 4.78 is 5.03. The van der Waals surface area contributed by atoms with Crippen LogP contribution in [0.15, 0.2) is 42.1 Å². The zero-order valence-electron chi connectivity index (χ0n) is 10.9. The van der Waals surface area contributed by atoms with Gasteiger partial charge in [0.05, 0.1) is 0 Å². The molecule has 0 radical (unpaired) electrons. The third-order valence-corrected chi connectivity index (χ3v) is 2.55. The van der Waals surface area contributed by atoms with Gasteiger partial charge in [-0.2, -0.15) is 0 Å². The molecule has 0 spiro atoms. The standard InChI is InChI=1S/C14H20N2O2/c1-3-13(15)14(17)18-10-9-16(2)11-12-7-5-4-6-8-12/h3-8H,9-11,15H2,1-2H3/b13-3-. The lowest BCUT2D eigenvalue weighted by molar-refractivity contribution is -0.139. The second-order valence-corrected chi connectivity index (χ2v) is 4.10. The van der Waals surface area contributed by atoms with Crippen LogP contribution in [-0.4, -0.2) is 31.1 Å². The van der Waals surface area contributed by atoms with Crippen LogP contribution in [0.1, 0.15) is 12.5 Å². The fourth-order valence-electron chi connectivity index (χ4n) is 1.47. The predicted octanol–water partition coefficient (Wildman–Crippen LogP) is 1.52. The van der Waals surface area contributed by atoms with Gasteiger partial charge in [-0.15, -0.1) is 0 Å². The summed E-state index contributed by atoms with van der Waals surface area (Å²) in [5.41, 5.74) is 6.82. The lowest BCUT2D eigenvalue weighted by Crippen LogP contribution is -2.25. The van der Waals surface area contributed by atoms with Crippen molar-refractivity contribution < 1.29 is 9.53 Å². The summed E-state index contributed by atoms with van der Waals surface area (Å²) in [6.07, 6.45) is 1.54. The molecule has 1 aromatic rings. The minimum Gasteiger partial charge on any atom is -0.460 e. The molecule has 2 N–H and O–H groups in total. The molecule has 4 nitrogen and oxygen atoms in total. The molecule has 18 heavy (non-hydrogen) atoms.